The third-order valence-electron chi connectivity index (χ3n) is 3.61. The van der Waals surface area contributed by atoms with Crippen LogP contribution in [0.4, 0.5) is 0 Å². The van der Waals surface area contributed by atoms with Gasteiger partial charge < -0.3 is 9.84 Å². The summed E-state index contributed by atoms with van der Waals surface area (Å²) in [7, 11) is 1.66. The molecule has 1 aromatic rings. The highest BCUT2D eigenvalue weighted by atomic mass is 32.2. The molecule has 1 N–H and O–H groups in total. The number of ether oxygens (including phenoxy) is 1. The molecule has 0 aromatic heterocycles. The molecule has 0 saturated heterocycles. The number of rotatable bonds is 5. The van der Waals surface area contributed by atoms with E-state index >= 15 is 0 Å². The molecule has 0 aliphatic heterocycles. The van der Waals surface area contributed by atoms with E-state index in [1.165, 1.54) is 0 Å². The molecule has 98 valence electrons. The summed E-state index contributed by atoms with van der Waals surface area (Å²) in [5, 5.41) is 9.10. The first-order valence-electron chi connectivity index (χ1n) is 5.98. The third-order valence-corrected chi connectivity index (χ3v) is 4.39. The van der Waals surface area contributed by atoms with Gasteiger partial charge in [-0.25, -0.2) is 0 Å². The second-order valence-electron chi connectivity index (χ2n) is 4.84. The van der Waals surface area contributed by atoms with Gasteiger partial charge >= 0.3 is 5.97 Å². The van der Waals surface area contributed by atoms with Crippen LogP contribution in [0.1, 0.15) is 30.4 Å². The Morgan fingerprint density at radius 1 is 1.50 bits per heavy atom. The van der Waals surface area contributed by atoms with Gasteiger partial charge in [0.15, 0.2) is 0 Å². The molecule has 0 atom stereocenters. The number of methoxy groups -OCH3 is 1. The molecule has 0 amide bonds. The van der Waals surface area contributed by atoms with E-state index in [2.05, 4.69) is 6.07 Å². The summed E-state index contributed by atoms with van der Waals surface area (Å²) in [6.07, 6.45) is 4.09. The molecular weight excluding hydrogens is 248 g/mol. The van der Waals surface area contributed by atoms with Crippen molar-refractivity contribution in [3.63, 3.8) is 0 Å². The summed E-state index contributed by atoms with van der Waals surface area (Å²) < 4.78 is 5.52. The van der Waals surface area contributed by atoms with E-state index in [0.717, 1.165) is 34.6 Å². The fourth-order valence-electron chi connectivity index (χ4n) is 2.56. The number of hydrogen-bond acceptors (Lipinski definition) is 3. The first-order valence-corrected chi connectivity index (χ1v) is 7.20. The van der Waals surface area contributed by atoms with Gasteiger partial charge in [-0.15, -0.1) is 11.8 Å². The van der Waals surface area contributed by atoms with Crippen molar-refractivity contribution >= 4 is 17.7 Å². The Labute approximate surface area is 112 Å². The molecule has 1 aliphatic rings. The molecule has 0 radical (unpaired) electrons. The number of carboxylic acids is 1. The molecule has 1 aliphatic carbocycles. The van der Waals surface area contributed by atoms with Crippen LogP contribution < -0.4 is 4.74 Å². The lowest BCUT2D eigenvalue weighted by Crippen LogP contribution is -2.15. The van der Waals surface area contributed by atoms with Crippen LogP contribution in [0.3, 0.4) is 0 Å². The smallest absolute Gasteiger partial charge is 0.304 e. The lowest BCUT2D eigenvalue weighted by molar-refractivity contribution is -0.137. The summed E-state index contributed by atoms with van der Waals surface area (Å²) in [6, 6.07) is 4.10. The second-order valence-corrected chi connectivity index (χ2v) is 5.69. The van der Waals surface area contributed by atoms with Crippen molar-refractivity contribution in [1.29, 1.82) is 0 Å². The Morgan fingerprint density at radius 2 is 2.17 bits per heavy atom. The van der Waals surface area contributed by atoms with E-state index in [4.69, 9.17) is 9.84 Å². The number of aliphatic carboxylic acids is 1. The molecule has 0 unspecified atom stereocenters. The van der Waals surface area contributed by atoms with Crippen LogP contribution in [0, 0.1) is 6.92 Å². The Kier molecular flexibility index (Phi) is 3.57. The van der Waals surface area contributed by atoms with Gasteiger partial charge in [0.05, 0.1) is 13.5 Å². The molecule has 1 aromatic carbocycles. The van der Waals surface area contributed by atoms with Crippen molar-refractivity contribution in [2.24, 2.45) is 0 Å². The summed E-state index contributed by atoms with van der Waals surface area (Å²) >= 11 is 1.65. The van der Waals surface area contributed by atoms with Crippen LogP contribution in [-0.4, -0.2) is 24.4 Å². The summed E-state index contributed by atoms with van der Waals surface area (Å²) in [6.45, 7) is 2.00. The van der Waals surface area contributed by atoms with E-state index in [9.17, 15) is 4.79 Å². The molecule has 4 heteroatoms. The fraction of sp³-hybridized carbons (Fsp3) is 0.500. The van der Waals surface area contributed by atoms with Gasteiger partial charge in [-0.1, -0.05) is 6.07 Å². The highest BCUT2D eigenvalue weighted by Crippen LogP contribution is 2.56. The van der Waals surface area contributed by atoms with E-state index in [0.29, 0.717) is 0 Å². The number of aryl methyl sites for hydroxylation is 1. The summed E-state index contributed by atoms with van der Waals surface area (Å²) in [5.74, 6) is 0.128. The van der Waals surface area contributed by atoms with Crippen molar-refractivity contribution < 1.29 is 14.6 Å². The maximum Gasteiger partial charge on any atom is 0.304 e. The first kappa shape index (κ1) is 13.3. The predicted molar refractivity (Wildman–Crippen MR) is 72.7 cm³/mol. The molecule has 18 heavy (non-hydrogen) atoms. The minimum Gasteiger partial charge on any atom is -0.496 e. The molecule has 0 spiro atoms. The number of carbonyl (C=O) groups is 1. The van der Waals surface area contributed by atoms with Crippen LogP contribution in [-0.2, 0) is 10.2 Å². The van der Waals surface area contributed by atoms with Gasteiger partial charge in [-0.3, -0.25) is 4.79 Å². The fourth-order valence-corrected chi connectivity index (χ4v) is 3.28. The largest absolute Gasteiger partial charge is 0.496 e. The van der Waals surface area contributed by atoms with E-state index in [1.54, 1.807) is 18.9 Å². The Morgan fingerprint density at radius 3 is 2.61 bits per heavy atom. The molecular formula is C14H18O3S. The lowest BCUT2D eigenvalue weighted by atomic mass is 9.90. The van der Waals surface area contributed by atoms with Crippen molar-refractivity contribution in [3.8, 4) is 5.75 Å². The van der Waals surface area contributed by atoms with E-state index in [1.807, 2.05) is 19.2 Å². The highest BCUT2D eigenvalue weighted by Gasteiger charge is 2.49. The Hall–Kier alpha value is -1.16. The predicted octanol–water partition coefficient (Wildman–Crippen LogP) is 3.23. The zero-order chi connectivity index (χ0) is 13.3. The van der Waals surface area contributed by atoms with Gasteiger partial charge in [-0.05, 0) is 37.7 Å². The van der Waals surface area contributed by atoms with Gasteiger partial charge in [0.2, 0.25) is 0 Å². The van der Waals surface area contributed by atoms with E-state index < -0.39 is 5.97 Å². The van der Waals surface area contributed by atoms with Gasteiger partial charge in [0.1, 0.15) is 5.75 Å². The number of thioether (sulfide) groups is 1. The molecule has 3 nitrogen and oxygen atoms in total. The van der Waals surface area contributed by atoms with Crippen LogP contribution in [0.5, 0.6) is 5.75 Å². The molecule has 0 bridgehead atoms. The molecule has 2 rings (SSSR count). The first-order chi connectivity index (χ1) is 8.54. The van der Waals surface area contributed by atoms with Gasteiger partial charge in [0.25, 0.3) is 0 Å². The zero-order valence-electron chi connectivity index (χ0n) is 10.9. The second kappa shape index (κ2) is 4.84. The Bertz CT molecular complexity index is 478. The lowest BCUT2D eigenvalue weighted by Gasteiger charge is -2.22. The monoisotopic (exact) mass is 266 g/mol. The normalized spacial score (nSPS) is 16.4. The minimum atomic E-state index is -0.733. The summed E-state index contributed by atoms with van der Waals surface area (Å²) in [5.41, 5.74) is 1.96. The quantitative estimate of drug-likeness (QED) is 0.831. The number of carboxylic acid groups (broad SMARTS) is 1. The average molecular weight is 266 g/mol. The standard InChI is InChI=1S/C14H18O3S/c1-9-4-5-10(18-3)12(13(9)17-2)14(6-7-14)8-11(15)16/h4-5H,6-8H2,1-3H3,(H,15,16). The topological polar surface area (TPSA) is 46.5 Å². The SMILES string of the molecule is COc1c(C)ccc(SC)c1C1(CC(=O)O)CC1. The van der Waals surface area contributed by atoms with Gasteiger partial charge in [0, 0.05) is 15.9 Å². The van der Waals surface area contributed by atoms with Crippen molar-refractivity contribution in [3.05, 3.63) is 23.3 Å². The molecule has 0 heterocycles. The van der Waals surface area contributed by atoms with Crippen molar-refractivity contribution in [2.75, 3.05) is 13.4 Å². The van der Waals surface area contributed by atoms with Crippen LogP contribution in [0.2, 0.25) is 0 Å². The maximum atomic E-state index is 11.1. The highest BCUT2D eigenvalue weighted by molar-refractivity contribution is 7.98. The number of benzene rings is 1. The van der Waals surface area contributed by atoms with Crippen LogP contribution in [0.15, 0.2) is 17.0 Å². The average Bonchev–Trinajstić information content (AvgIpc) is 3.08. The van der Waals surface area contributed by atoms with Crippen molar-refractivity contribution in [2.45, 2.75) is 36.5 Å². The maximum absolute atomic E-state index is 11.1. The van der Waals surface area contributed by atoms with Crippen LogP contribution >= 0.6 is 11.8 Å². The van der Waals surface area contributed by atoms with Crippen LogP contribution in [0.25, 0.3) is 0 Å². The number of hydrogen-bond donors (Lipinski definition) is 1. The summed E-state index contributed by atoms with van der Waals surface area (Å²) in [4.78, 5) is 12.2. The minimum absolute atomic E-state index is 0.195. The van der Waals surface area contributed by atoms with Crippen molar-refractivity contribution in [1.82, 2.24) is 0 Å². The van der Waals surface area contributed by atoms with Gasteiger partial charge in [-0.2, -0.15) is 0 Å². The zero-order valence-corrected chi connectivity index (χ0v) is 11.8. The third kappa shape index (κ3) is 2.21. The van der Waals surface area contributed by atoms with E-state index in [-0.39, 0.29) is 11.8 Å². The molecule has 1 fully saturated rings. The molecule has 1 saturated carbocycles. The Balaban J connectivity index is 2.54.